The Morgan fingerprint density at radius 1 is 1.25 bits per heavy atom. The van der Waals surface area contributed by atoms with Gasteiger partial charge in [0.1, 0.15) is 5.82 Å². The fourth-order valence-electron chi connectivity index (χ4n) is 2.44. The van der Waals surface area contributed by atoms with Crippen LogP contribution in [0.1, 0.15) is 32.5 Å². The van der Waals surface area contributed by atoms with Crippen LogP contribution < -0.4 is 5.32 Å². The number of nitrogens with one attached hydrogen (secondary N) is 1. The van der Waals surface area contributed by atoms with Crippen molar-refractivity contribution in [1.29, 1.82) is 0 Å². The normalized spacial score (nSPS) is 11.1. The summed E-state index contributed by atoms with van der Waals surface area (Å²) in [6, 6.07) is 8.36. The third-order valence-electron chi connectivity index (χ3n) is 3.39. The lowest BCUT2D eigenvalue weighted by Gasteiger charge is -2.12. The van der Waals surface area contributed by atoms with E-state index in [2.05, 4.69) is 48.5 Å². The number of aromatic nitrogens is 2. The van der Waals surface area contributed by atoms with Gasteiger partial charge in [0.25, 0.3) is 0 Å². The first-order chi connectivity index (χ1) is 9.76. The van der Waals surface area contributed by atoms with Crippen molar-refractivity contribution in [3.8, 4) is 0 Å². The number of hydrogen-bond donors (Lipinski definition) is 1. The Bertz CT molecular complexity index is 569. The van der Waals surface area contributed by atoms with Crippen molar-refractivity contribution in [1.82, 2.24) is 14.9 Å². The van der Waals surface area contributed by atoms with E-state index in [4.69, 9.17) is 4.98 Å². The first-order valence-electron chi connectivity index (χ1n) is 7.57. The average Bonchev–Trinajstić information content (AvgIpc) is 2.78. The zero-order chi connectivity index (χ0) is 14.4. The zero-order valence-electron chi connectivity index (χ0n) is 12.7. The number of nitrogens with zero attached hydrogens (tertiary/aromatic N) is 2. The van der Waals surface area contributed by atoms with Gasteiger partial charge in [0.05, 0.1) is 11.0 Å². The Morgan fingerprint density at radius 2 is 2.05 bits per heavy atom. The van der Waals surface area contributed by atoms with Gasteiger partial charge < -0.3 is 9.88 Å². The minimum Gasteiger partial charge on any atom is -0.324 e. The Balaban J connectivity index is 2.18. The fourth-order valence-corrected chi connectivity index (χ4v) is 2.44. The highest BCUT2D eigenvalue weighted by molar-refractivity contribution is 5.76. The van der Waals surface area contributed by atoms with E-state index >= 15 is 0 Å². The van der Waals surface area contributed by atoms with Crippen LogP contribution in [0, 0.1) is 0 Å². The third-order valence-corrected chi connectivity index (χ3v) is 3.39. The molecule has 108 valence electrons. The van der Waals surface area contributed by atoms with Gasteiger partial charge in [-0.15, -0.1) is 0 Å². The van der Waals surface area contributed by atoms with Gasteiger partial charge in [-0.2, -0.15) is 0 Å². The molecular weight excluding hydrogens is 246 g/mol. The van der Waals surface area contributed by atoms with Crippen LogP contribution in [0.5, 0.6) is 0 Å². The number of benzene rings is 1. The van der Waals surface area contributed by atoms with Gasteiger partial charge in [0, 0.05) is 19.5 Å². The molecule has 0 aliphatic carbocycles. The maximum atomic E-state index is 4.75. The lowest BCUT2D eigenvalue weighted by Crippen LogP contribution is -2.20. The minimum absolute atomic E-state index is 0.854. The van der Waals surface area contributed by atoms with E-state index in [0.717, 1.165) is 44.4 Å². The molecule has 0 amide bonds. The van der Waals surface area contributed by atoms with Crippen LogP contribution >= 0.6 is 0 Å². The predicted molar refractivity (Wildman–Crippen MR) is 86.0 cm³/mol. The van der Waals surface area contributed by atoms with Crippen molar-refractivity contribution in [2.24, 2.45) is 0 Å². The predicted octanol–water partition coefficient (Wildman–Crippen LogP) is 3.54. The molecule has 1 aromatic carbocycles. The van der Waals surface area contributed by atoms with E-state index in [0.29, 0.717) is 0 Å². The highest BCUT2D eigenvalue weighted by Crippen LogP contribution is 2.18. The molecule has 0 atom stereocenters. The standard InChI is InChI=1S/C17H25N3/c1-4-8-17-19-15-9-6-7-10-16(15)20(17)13-14(3)12-18-11-5-2/h6-7,9-10,18H,3-5,8,11-13H2,1-2H3. The molecule has 1 heterocycles. The van der Waals surface area contributed by atoms with Gasteiger partial charge in [-0.05, 0) is 37.1 Å². The monoisotopic (exact) mass is 271 g/mol. The minimum atomic E-state index is 0.854. The summed E-state index contributed by atoms with van der Waals surface area (Å²) >= 11 is 0. The van der Waals surface area contributed by atoms with E-state index in [1.165, 1.54) is 16.9 Å². The topological polar surface area (TPSA) is 29.9 Å². The molecule has 0 fully saturated rings. The van der Waals surface area contributed by atoms with Crippen LogP contribution in [0.15, 0.2) is 36.4 Å². The van der Waals surface area contributed by atoms with E-state index in [9.17, 15) is 0 Å². The number of imidazole rings is 1. The number of hydrogen-bond acceptors (Lipinski definition) is 2. The second kappa shape index (κ2) is 7.25. The molecule has 0 aliphatic heterocycles. The van der Waals surface area contributed by atoms with Gasteiger partial charge >= 0.3 is 0 Å². The van der Waals surface area contributed by atoms with Crippen LogP contribution in [0.25, 0.3) is 11.0 Å². The van der Waals surface area contributed by atoms with Crippen molar-refractivity contribution in [3.63, 3.8) is 0 Å². The number of rotatable bonds is 8. The van der Waals surface area contributed by atoms with E-state index < -0.39 is 0 Å². The van der Waals surface area contributed by atoms with Crippen molar-refractivity contribution in [2.45, 2.75) is 39.7 Å². The summed E-state index contributed by atoms with van der Waals surface area (Å²) in [5, 5.41) is 3.41. The molecule has 0 bridgehead atoms. The van der Waals surface area contributed by atoms with Crippen LogP contribution in [-0.4, -0.2) is 22.6 Å². The van der Waals surface area contributed by atoms with Gasteiger partial charge in [0.15, 0.2) is 0 Å². The third kappa shape index (κ3) is 3.48. The second-order valence-corrected chi connectivity index (χ2v) is 5.28. The van der Waals surface area contributed by atoms with E-state index in [1.54, 1.807) is 0 Å². The molecular formula is C17H25N3. The summed E-state index contributed by atoms with van der Waals surface area (Å²) in [6.07, 6.45) is 3.29. The van der Waals surface area contributed by atoms with Crippen LogP contribution in [0.4, 0.5) is 0 Å². The van der Waals surface area contributed by atoms with Crippen molar-refractivity contribution >= 4 is 11.0 Å². The SMILES string of the molecule is C=C(CNCCC)Cn1c(CCC)nc2ccccc21. The van der Waals surface area contributed by atoms with Crippen LogP contribution in [-0.2, 0) is 13.0 Å². The fraction of sp³-hybridized carbons (Fsp3) is 0.471. The Hall–Kier alpha value is -1.61. The lowest BCUT2D eigenvalue weighted by molar-refractivity contribution is 0.659. The first-order valence-corrected chi connectivity index (χ1v) is 7.57. The van der Waals surface area contributed by atoms with Crippen LogP contribution in [0.3, 0.4) is 0 Å². The molecule has 0 saturated heterocycles. The molecule has 0 spiro atoms. The van der Waals surface area contributed by atoms with Crippen molar-refractivity contribution in [2.75, 3.05) is 13.1 Å². The summed E-state index contributed by atoms with van der Waals surface area (Å²) in [4.78, 5) is 4.75. The maximum absolute atomic E-state index is 4.75. The van der Waals surface area contributed by atoms with Crippen molar-refractivity contribution in [3.05, 3.63) is 42.2 Å². The highest BCUT2D eigenvalue weighted by atomic mass is 15.1. The Labute approximate surface area is 121 Å². The molecule has 1 N–H and O–H groups in total. The smallest absolute Gasteiger partial charge is 0.110 e. The van der Waals surface area contributed by atoms with Gasteiger partial charge in [-0.3, -0.25) is 0 Å². The number of aryl methyl sites for hydroxylation is 1. The molecule has 20 heavy (non-hydrogen) atoms. The summed E-state index contributed by atoms with van der Waals surface area (Å²) in [6.45, 7) is 11.4. The zero-order valence-corrected chi connectivity index (χ0v) is 12.7. The van der Waals surface area contributed by atoms with Crippen LogP contribution in [0.2, 0.25) is 0 Å². The van der Waals surface area contributed by atoms with E-state index in [-0.39, 0.29) is 0 Å². The number of para-hydroxylation sites is 2. The molecule has 1 aromatic heterocycles. The summed E-state index contributed by atoms with van der Waals surface area (Å²) in [5.74, 6) is 1.17. The van der Waals surface area contributed by atoms with Gasteiger partial charge in [-0.1, -0.05) is 32.6 Å². The average molecular weight is 271 g/mol. The lowest BCUT2D eigenvalue weighted by atomic mass is 10.2. The first kappa shape index (κ1) is 14.8. The largest absolute Gasteiger partial charge is 0.324 e. The molecule has 2 aromatic rings. The van der Waals surface area contributed by atoms with Gasteiger partial charge in [0.2, 0.25) is 0 Å². The second-order valence-electron chi connectivity index (χ2n) is 5.28. The van der Waals surface area contributed by atoms with E-state index in [1.807, 2.05) is 6.07 Å². The molecule has 2 rings (SSSR count). The van der Waals surface area contributed by atoms with Gasteiger partial charge in [-0.25, -0.2) is 4.98 Å². The molecule has 0 unspecified atom stereocenters. The summed E-state index contributed by atoms with van der Waals surface area (Å²) in [7, 11) is 0. The molecule has 0 radical (unpaired) electrons. The number of fused-ring (bicyclic) bond motifs is 1. The molecule has 0 aliphatic rings. The quantitative estimate of drug-likeness (QED) is 0.588. The molecule has 3 nitrogen and oxygen atoms in total. The summed E-state index contributed by atoms with van der Waals surface area (Å²) < 4.78 is 2.31. The molecule has 0 saturated carbocycles. The summed E-state index contributed by atoms with van der Waals surface area (Å²) in [5.41, 5.74) is 3.51. The molecule has 3 heteroatoms. The highest BCUT2D eigenvalue weighted by Gasteiger charge is 2.10. The Morgan fingerprint density at radius 3 is 2.80 bits per heavy atom. The van der Waals surface area contributed by atoms with Crippen molar-refractivity contribution < 1.29 is 0 Å². The Kier molecular flexibility index (Phi) is 5.36. The maximum Gasteiger partial charge on any atom is 0.110 e.